The zero-order valence-electron chi connectivity index (χ0n) is 7.86. The maximum absolute atomic E-state index is 8.83. The molecule has 0 unspecified atom stereocenters. The van der Waals surface area contributed by atoms with Gasteiger partial charge in [-0.15, -0.1) is 0 Å². The maximum atomic E-state index is 8.83. The molecular weight excluding hydrogens is 166 g/mol. The summed E-state index contributed by atoms with van der Waals surface area (Å²) in [7, 11) is 0. The highest BCUT2D eigenvalue weighted by Crippen LogP contribution is 2.18. The van der Waals surface area contributed by atoms with Gasteiger partial charge in [-0.1, -0.05) is 0 Å². The highest BCUT2D eigenvalue weighted by atomic mass is 16.3. The van der Waals surface area contributed by atoms with E-state index in [1.807, 2.05) is 13.2 Å². The van der Waals surface area contributed by atoms with Crippen molar-refractivity contribution in [1.29, 1.82) is 0 Å². The van der Waals surface area contributed by atoms with Crippen LogP contribution in [-0.2, 0) is 6.54 Å². The van der Waals surface area contributed by atoms with Gasteiger partial charge in [0.15, 0.2) is 0 Å². The van der Waals surface area contributed by atoms with E-state index in [4.69, 9.17) is 9.52 Å². The summed E-state index contributed by atoms with van der Waals surface area (Å²) in [6, 6.07) is 2.06. The average Bonchev–Trinajstić information content (AvgIpc) is 2.43. The molecule has 1 aromatic rings. The summed E-state index contributed by atoms with van der Waals surface area (Å²) >= 11 is 0. The fourth-order valence-corrected chi connectivity index (χ4v) is 1.76. The molecule has 2 heterocycles. The smallest absolute Gasteiger partial charge is 0.101 e. The number of hydrogen-bond acceptors (Lipinski definition) is 3. The Kier molecular flexibility index (Phi) is 2.38. The molecule has 0 bridgehead atoms. The zero-order valence-corrected chi connectivity index (χ0v) is 7.86. The summed E-state index contributed by atoms with van der Waals surface area (Å²) < 4.78 is 5.21. The number of nitrogens with zero attached hydrogens (tertiary/aromatic N) is 1. The van der Waals surface area contributed by atoms with Crippen LogP contribution < -0.4 is 0 Å². The molecule has 3 nitrogen and oxygen atoms in total. The van der Waals surface area contributed by atoms with Crippen molar-refractivity contribution in [1.82, 2.24) is 4.90 Å². The minimum atomic E-state index is 0.320. The Hall–Kier alpha value is -0.800. The quantitative estimate of drug-likeness (QED) is 0.756. The molecule has 1 aliphatic heterocycles. The van der Waals surface area contributed by atoms with Gasteiger partial charge in [-0.3, -0.25) is 4.90 Å². The summed E-state index contributed by atoms with van der Waals surface area (Å²) in [6.45, 7) is 5.26. The minimum Gasteiger partial charge on any atom is -0.469 e. The molecule has 72 valence electrons. The summed E-state index contributed by atoms with van der Waals surface area (Å²) in [5.41, 5.74) is 1.23. The van der Waals surface area contributed by atoms with Gasteiger partial charge in [0, 0.05) is 37.7 Å². The van der Waals surface area contributed by atoms with Crippen LogP contribution in [-0.4, -0.2) is 29.7 Å². The van der Waals surface area contributed by atoms with Crippen LogP contribution in [0.2, 0.25) is 0 Å². The van der Waals surface area contributed by atoms with Gasteiger partial charge in [0.25, 0.3) is 0 Å². The van der Waals surface area contributed by atoms with Crippen molar-refractivity contribution in [2.45, 2.75) is 13.5 Å². The van der Waals surface area contributed by atoms with E-state index in [-0.39, 0.29) is 0 Å². The Labute approximate surface area is 78.0 Å². The van der Waals surface area contributed by atoms with Gasteiger partial charge in [-0.2, -0.15) is 0 Å². The number of aliphatic hydroxyl groups excluding tert-OH is 1. The summed E-state index contributed by atoms with van der Waals surface area (Å²) in [6.07, 6.45) is 1.81. The van der Waals surface area contributed by atoms with E-state index in [0.29, 0.717) is 12.5 Å². The number of hydrogen-bond donors (Lipinski definition) is 1. The highest BCUT2D eigenvalue weighted by Gasteiger charge is 2.25. The Bertz CT molecular complexity index is 276. The number of aliphatic hydroxyl groups is 1. The Balaban J connectivity index is 1.81. The molecule has 0 aromatic carbocycles. The molecule has 0 radical (unpaired) electrons. The van der Waals surface area contributed by atoms with E-state index in [0.717, 1.165) is 25.4 Å². The van der Waals surface area contributed by atoms with Crippen LogP contribution in [0.3, 0.4) is 0 Å². The van der Waals surface area contributed by atoms with E-state index in [2.05, 4.69) is 11.0 Å². The van der Waals surface area contributed by atoms with Crippen LogP contribution in [0.1, 0.15) is 11.3 Å². The predicted octanol–water partition coefficient (Wildman–Crippen LogP) is 1.01. The van der Waals surface area contributed by atoms with Gasteiger partial charge in [0.05, 0.1) is 6.26 Å². The Morgan fingerprint density at radius 3 is 2.92 bits per heavy atom. The van der Waals surface area contributed by atoms with Crippen molar-refractivity contribution in [2.24, 2.45) is 5.92 Å². The fraction of sp³-hybridized carbons (Fsp3) is 0.600. The van der Waals surface area contributed by atoms with Crippen LogP contribution in [0.15, 0.2) is 16.7 Å². The third-order valence-electron chi connectivity index (χ3n) is 2.48. The summed E-state index contributed by atoms with van der Waals surface area (Å²) in [5, 5.41) is 8.83. The number of likely N-dealkylation sites (tertiary alicyclic amines) is 1. The minimum absolute atomic E-state index is 0.320. The van der Waals surface area contributed by atoms with Gasteiger partial charge >= 0.3 is 0 Å². The van der Waals surface area contributed by atoms with E-state index >= 15 is 0 Å². The summed E-state index contributed by atoms with van der Waals surface area (Å²) in [4.78, 5) is 2.31. The molecule has 0 spiro atoms. The van der Waals surface area contributed by atoms with E-state index in [1.54, 1.807) is 0 Å². The van der Waals surface area contributed by atoms with Gasteiger partial charge in [-0.25, -0.2) is 0 Å². The van der Waals surface area contributed by atoms with Crippen molar-refractivity contribution >= 4 is 0 Å². The van der Waals surface area contributed by atoms with Gasteiger partial charge in [0.2, 0.25) is 0 Å². The third-order valence-corrected chi connectivity index (χ3v) is 2.48. The Morgan fingerprint density at radius 1 is 1.62 bits per heavy atom. The first kappa shape index (κ1) is 8.78. The lowest BCUT2D eigenvalue weighted by molar-refractivity contribution is 0.0478. The van der Waals surface area contributed by atoms with Crippen molar-refractivity contribution < 1.29 is 9.52 Å². The van der Waals surface area contributed by atoms with Crippen LogP contribution in [0.25, 0.3) is 0 Å². The molecule has 1 fully saturated rings. The largest absolute Gasteiger partial charge is 0.469 e. The molecule has 13 heavy (non-hydrogen) atoms. The van der Waals surface area contributed by atoms with E-state index in [9.17, 15) is 0 Å². The highest BCUT2D eigenvalue weighted by molar-refractivity contribution is 5.11. The molecular formula is C10H15NO2. The molecule has 1 aliphatic rings. The van der Waals surface area contributed by atoms with Crippen LogP contribution >= 0.6 is 0 Å². The van der Waals surface area contributed by atoms with Crippen molar-refractivity contribution in [3.8, 4) is 0 Å². The number of furan rings is 1. The lowest BCUT2D eigenvalue weighted by atomic mass is 10.0. The lowest BCUT2D eigenvalue weighted by Crippen LogP contribution is -2.47. The maximum Gasteiger partial charge on any atom is 0.101 e. The molecule has 3 heteroatoms. The normalized spacial score (nSPS) is 18.9. The molecule has 1 aromatic heterocycles. The van der Waals surface area contributed by atoms with E-state index < -0.39 is 0 Å². The second kappa shape index (κ2) is 3.52. The van der Waals surface area contributed by atoms with E-state index in [1.165, 1.54) is 5.56 Å². The van der Waals surface area contributed by atoms with Gasteiger partial charge in [0.1, 0.15) is 5.76 Å². The molecule has 0 atom stereocenters. The monoisotopic (exact) mass is 181 g/mol. The van der Waals surface area contributed by atoms with Crippen LogP contribution in [0, 0.1) is 12.8 Å². The second-order valence-corrected chi connectivity index (χ2v) is 3.81. The molecule has 0 aliphatic carbocycles. The second-order valence-electron chi connectivity index (χ2n) is 3.81. The fourth-order valence-electron chi connectivity index (χ4n) is 1.76. The number of rotatable bonds is 3. The van der Waals surface area contributed by atoms with Gasteiger partial charge in [-0.05, 0) is 13.0 Å². The number of aryl methyl sites for hydroxylation is 1. The molecule has 1 saturated heterocycles. The van der Waals surface area contributed by atoms with Crippen molar-refractivity contribution in [3.05, 3.63) is 23.7 Å². The lowest BCUT2D eigenvalue weighted by Gasteiger charge is -2.37. The van der Waals surface area contributed by atoms with Crippen molar-refractivity contribution in [3.63, 3.8) is 0 Å². The first-order chi connectivity index (χ1) is 6.28. The molecule has 0 amide bonds. The van der Waals surface area contributed by atoms with Crippen LogP contribution in [0.5, 0.6) is 0 Å². The average molecular weight is 181 g/mol. The third kappa shape index (κ3) is 1.92. The first-order valence-corrected chi connectivity index (χ1v) is 4.65. The zero-order chi connectivity index (χ0) is 9.26. The molecule has 2 rings (SSSR count). The topological polar surface area (TPSA) is 36.6 Å². The first-order valence-electron chi connectivity index (χ1n) is 4.65. The molecule has 0 saturated carbocycles. The standard InChI is InChI=1S/C10H15NO2/c1-8-2-9(7-13-8)3-11-4-10(5-11)6-12/h2,7,10,12H,3-6H2,1H3. The van der Waals surface area contributed by atoms with Gasteiger partial charge < -0.3 is 9.52 Å². The SMILES string of the molecule is Cc1cc(CN2CC(CO)C2)co1. The summed E-state index contributed by atoms with van der Waals surface area (Å²) in [5.74, 6) is 1.46. The van der Waals surface area contributed by atoms with Crippen LogP contribution in [0.4, 0.5) is 0 Å². The van der Waals surface area contributed by atoms with Crippen molar-refractivity contribution in [2.75, 3.05) is 19.7 Å². The molecule has 1 N–H and O–H groups in total. The predicted molar refractivity (Wildman–Crippen MR) is 49.3 cm³/mol. The Morgan fingerprint density at radius 2 is 2.38 bits per heavy atom.